The molecule has 138 valence electrons. The van der Waals surface area contributed by atoms with Crippen LogP contribution in [0.5, 0.6) is 5.88 Å². The van der Waals surface area contributed by atoms with Gasteiger partial charge in [-0.25, -0.2) is 4.98 Å². The van der Waals surface area contributed by atoms with Gasteiger partial charge in [-0.15, -0.1) is 0 Å². The van der Waals surface area contributed by atoms with E-state index in [-0.39, 0.29) is 12.0 Å². The molecule has 1 N–H and O–H groups in total. The zero-order valence-corrected chi connectivity index (χ0v) is 15.8. The molecule has 4 nitrogen and oxygen atoms in total. The van der Waals surface area contributed by atoms with Gasteiger partial charge in [0.2, 0.25) is 11.8 Å². The normalized spacial score (nSPS) is 14.4. The fourth-order valence-electron chi connectivity index (χ4n) is 3.49. The predicted molar refractivity (Wildman–Crippen MR) is 103 cm³/mol. The first kappa shape index (κ1) is 18.4. The maximum absolute atomic E-state index is 12.3. The van der Waals surface area contributed by atoms with Gasteiger partial charge in [0.25, 0.3) is 0 Å². The summed E-state index contributed by atoms with van der Waals surface area (Å²) in [6.45, 7) is 4.65. The molecule has 1 aliphatic rings. The van der Waals surface area contributed by atoms with E-state index in [1.165, 1.54) is 29.5 Å². The number of aryl methyl sites for hydroxylation is 3. The molecule has 1 fully saturated rings. The van der Waals surface area contributed by atoms with Crippen molar-refractivity contribution >= 4 is 5.91 Å². The van der Waals surface area contributed by atoms with Crippen molar-refractivity contribution in [3.63, 3.8) is 0 Å². The van der Waals surface area contributed by atoms with Crippen molar-refractivity contribution in [1.29, 1.82) is 0 Å². The molecule has 4 heteroatoms. The Kier molecular flexibility index (Phi) is 6.26. The average Bonchev–Trinajstić information content (AvgIpc) is 3.13. The van der Waals surface area contributed by atoms with Crippen LogP contribution >= 0.6 is 0 Å². The fraction of sp³-hybridized carbons (Fsp3) is 0.455. The summed E-state index contributed by atoms with van der Waals surface area (Å²) in [6, 6.07) is 10.2. The summed E-state index contributed by atoms with van der Waals surface area (Å²) in [6.07, 6.45) is 7.90. The minimum atomic E-state index is 0.0562. The second-order valence-electron chi connectivity index (χ2n) is 7.20. The largest absolute Gasteiger partial charge is 0.474 e. The molecule has 1 heterocycles. The Labute approximate surface area is 156 Å². The summed E-state index contributed by atoms with van der Waals surface area (Å²) in [5.41, 5.74) is 4.68. The molecule has 0 spiro atoms. The Morgan fingerprint density at radius 3 is 2.77 bits per heavy atom. The quantitative estimate of drug-likeness (QED) is 0.810. The van der Waals surface area contributed by atoms with Crippen LogP contribution in [0.1, 0.15) is 54.4 Å². The second kappa shape index (κ2) is 8.84. The standard InChI is InChI=1S/C22H28N2O2/c1-16-9-10-18(17(2)14-16)11-12-21(25)24-15-19-6-5-13-23-22(19)26-20-7-3-4-8-20/h5-6,9-10,13-14,20H,3-4,7-8,11-12,15H2,1-2H3,(H,24,25). The van der Waals surface area contributed by atoms with Crippen molar-refractivity contribution in [1.82, 2.24) is 10.3 Å². The molecular weight excluding hydrogens is 324 g/mol. The van der Waals surface area contributed by atoms with Crippen LogP contribution in [-0.4, -0.2) is 17.0 Å². The minimum Gasteiger partial charge on any atom is -0.474 e. The maximum Gasteiger partial charge on any atom is 0.220 e. The molecule has 2 aromatic rings. The first-order valence-electron chi connectivity index (χ1n) is 9.55. The first-order chi connectivity index (χ1) is 12.6. The molecule has 1 amide bonds. The number of hydrogen-bond acceptors (Lipinski definition) is 3. The smallest absolute Gasteiger partial charge is 0.220 e. The van der Waals surface area contributed by atoms with Crippen molar-refractivity contribution in [3.8, 4) is 5.88 Å². The molecule has 1 aliphatic carbocycles. The van der Waals surface area contributed by atoms with Gasteiger partial charge in [0.05, 0.1) is 0 Å². The molecule has 0 saturated heterocycles. The third kappa shape index (κ3) is 5.07. The number of aromatic nitrogens is 1. The molecule has 3 rings (SSSR count). The number of pyridine rings is 1. The molecule has 0 aliphatic heterocycles. The zero-order valence-electron chi connectivity index (χ0n) is 15.8. The van der Waals surface area contributed by atoms with Gasteiger partial charge in [-0.3, -0.25) is 4.79 Å². The van der Waals surface area contributed by atoms with Crippen LogP contribution in [0, 0.1) is 13.8 Å². The number of nitrogens with zero attached hydrogens (tertiary/aromatic N) is 1. The summed E-state index contributed by atoms with van der Waals surface area (Å²) in [7, 11) is 0. The highest BCUT2D eigenvalue weighted by molar-refractivity contribution is 5.76. The summed E-state index contributed by atoms with van der Waals surface area (Å²) < 4.78 is 6.03. The molecule has 0 atom stereocenters. The molecule has 26 heavy (non-hydrogen) atoms. The lowest BCUT2D eigenvalue weighted by Crippen LogP contribution is -2.24. The number of nitrogens with one attached hydrogen (secondary N) is 1. The number of rotatable bonds is 7. The van der Waals surface area contributed by atoms with Crippen molar-refractivity contribution < 1.29 is 9.53 Å². The third-order valence-electron chi connectivity index (χ3n) is 5.03. The van der Waals surface area contributed by atoms with Gasteiger partial charge < -0.3 is 10.1 Å². The lowest BCUT2D eigenvalue weighted by Gasteiger charge is -2.15. The highest BCUT2D eigenvalue weighted by atomic mass is 16.5. The predicted octanol–water partition coefficient (Wildman–Crippen LogP) is 4.27. The number of carbonyl (C=O) groups is 1. The molecule has 0 radical (unpaired) electrons. The molecule has 1 saturated carbocycles. The van der Waals surface area contributed by atoms with Gasteiger partial charge >= 0.3 is 0 Å². The summed E-state index contributed by atoms with van der Waals surface area (Å²) in [5, 5.41) is 3.01. The number of amides is 1. The minimum absolute atomic E-state index is 0.0562. The molecule has 0 unspecified atom stereocenters. The van der Waals surface area contributed by atoms with E-state index in [2.05, 4.69) is 42.3 Å². The van der Waals surface area contributed by atoms with Crippen LogP contribution in [0.2, 0.25) is 0 Å². The van der Waals surface area contributed by atoms with Gasteiger partial charge in [0.1, 0.15) is 6.10 Å². The second-order valence-corrected chi connectivity index (χ2v) is 7.20. The van der Waals surface area contributed by atoms with Gasteiger partial charge in [-0.1, -0.05) is 29.8 Å². The van der Waals surface area contributed by atoms with E-state index in [1.807, 2.05) is 12.1 Å². The molecule has 1 aromatic heterocycles. The highest BCUT2D eigenvalue weighted by Crippen LogP contribution is 2.25. The Morgan fingerprint density at radius 2 is 2.00 bits per heavy atom. The van der Waals surface area contributed by atoms with E-state index in [0.29, 0.717) is 18.8 Å². The van der Waals surface area contributed by atoms with Gasteiger partial charge in [0, 0.05) is 24.7 Å². The number of benzene rings is 1. The van der Waals surface area contributed by atoms with Crippen LogP contribution in [0.15, 0.2) is 36.5 Å². The summed E-state index contributed by atoms with van der Waals surface area (Å²) in [5.74, 6) is 0.717. The van der Waals surface area contributed by atoms with Crippen LogP contribution in [0.25, 0.3) is 0 Å². The Bertz CT molecular complexity index is 752. The van der Waals surface area contributed by atoms with Gasteiger partial charge in [0.15, 0.2) is 0 Å². The van der Waals surface area contributed by atoms with Crippen LogP contribution in [0.4, 0.5) is 0 Å². The van der Waals surface area contributed by atoms with E-state index in [0.717, 1.165) is 24.8 Å². The Hall–Kier alpha value is -2.36. The average molecular weight is 352 g/mol. The topological polar surface area (TPSA) is 51.2 Å². The van der Waals surface area contributed by atoms with E-state index in [4.69, 9.17) is 4.74 Å². The monoisotopic (exact) mass is 352 g/mol. The van der Waals surface area contributed by atoms with Gasteiger partial charge in [-0.2, -0.15) is 0 Å². The number of hydrogen-bond donors (Lipinski definition) is 1. The lowest BCUT2D eigenvalue weighted by molar-refractivity contribution is -0.121. The SMILES string of the molecule is Cc1ccc(CCC(=O)NCc2cccnc2OC2CCCC2)c(C)c1. The highest BCUT2D eigenvalue weighted by Gasteiger charge is 2.18. The van der Waals surface area contributed by atoms with E-state index >= 15 is 0 Å². The Balaban J connectivity index is 1.51. The third-order valence-corrected chi connectivity index (χ3v) is 5.03. The first-order valence-corrected chi connectivity index (χ1v) is 9.55. The molecule has 0 bridgehead atoms. The Morgan fingerprint density at radius 1 is 1.19 bits per heavy atom. The summed E-state index contributed by atoms with van der Waals surface area (Å²) >= 11 is 0. The maximum atomic E-state index is 12.3. The summed E-state index contributed by atoms with van der Waals surface area (Å²) in [4.78, 5) is 16.6. The van der Waals surface area contributed by atoms with Crippen LogP contribution in [0.3, 0.4) is 0 Å². The molecular formula is C22H28N2O2. The van der Waals surface area contributed by atoms with E-state index in [9.17, 15) is 4.79 Å². The van der Waals surface area contributed by atoms with Gasteiger partial charge in [-0.05, 0) is 63.1 Å². The fourth-order valence-corrected chi connectivity index (χ4v) is 3.49. The van der Waals surface area contributed by atoms with E-state index < -0.39 is 0 Å². The molecule has 1 aromatic carbocycles. The van der Waals surface area contributed by atoms with Crippen molar-refractivity contribution in [2.24, 2.45) is 0 Å². The van der Waals surface area contributed by atoms with Crippen molar-refractivity contribution in [2.75, 3.05) is 0 Å². The van der Waals surface area contributed by atoms with E-state index in [1.54, 1.807) is 6.20 Å². The van der Waals surface area contributed by atoms with Crippen molar-refractivity contribution in [2.45, 2.75) is 65.0 Å². The lowest BCUT2D eigenvalue weighted by atomic mass is 10.0. The zero-order chi connectivity index (χ0) is 18.4. The number of ether oxygens (including phenoxy) is 1. The van der Waals surface area contributed by atoms with Crippen LogP contribution < -0.4 is 10.1 Å². The number of carbonyl (C=O) groups excluding carboxylic acids is 1. The van der Waals surface area contributed by atoms with Crippen molar-refractivity contribution in [3.05, 3.63) is 58.8 Å². The van der Waals surface area contributed by atoms with Crippen LogP contribution in [-0.2, 0) is 17.8 Å².